The number of piperidine rings is 1. The first-order valence-electron chi connectivity index (χ1n) is 6.60. The van der Waals surface area contributed by atoms with E-state index in [0.29, 0.717) is 12.6 Å². The Balaban J connectivity index is 2.36. The number of methoxy groups -OCH3 is 1. The monoisotopic (exact) mass is 242 g/mol. The summed E-state index contributed by atoms with van der Waals surface area (Å²) < 4.78 is 5.01. The zero-order valence-corrected chi connectivity index (χ0v) is 11.5. The van der Waals surface area contributed by atoms with Gasteiger partial charge < -0.3 is 15.0 Å². The summed E-state index contributed by atoms with van der Waals surface area (Å²) in [6.45, 7) is 7.98. The molecule has 0 aliphatic carbocycles. The molecule has 0 saturated carbocycles. The molecule has 2 amide bonds. The predicted molar refractivity (Wildman–Crippen MR) is 69.1 cm³/mol. The maximum absolute atomic E-state index is 12.1. The van der Waals surface area contributed by atoms with E-state index in [1.807, 2.05) is 11.8 Å². The molecule has 3 atom stereocenters. The van der Waals surface area contributed by atoms with Crippen LogP contribution in [0.2, 0.25) is 0 Å². The molecular formula is C13H26N2O2. The maximum atomic E-state index is 12.1. The van der Waals surface area contributed by atoms with Crippen molar-refractivity contribution < 1.29 is 9.53 Å². The van der Waals surface area contributed by atoms with Crippen molar-refractivity contribution in [3.8, 4) is 0 Å². The largest absolute Gasteiger partial charge is 0.385 e. The fourth-order valence-electron chi connectivity index (χ4n) is 2.37. The van der Waals surface area contributed by atoms with Gasteiger partial charge >= 0.3 is 6.03 Å². The van der Waals surface area contributed by atoms with Crippen LogP contribution in [0.5, 0.6) is 0 Å². The second-order valence-electron chi connectivity index (χ2n) is 5.30. The molecule has 1 aliphatic heterocycles. The van der Waals surface area contributed by atoms with Gasteiger partial charge in [-0.25, -0.2) is 4.79 Å². The van der Waals surface area contributed by atoms with Gasteiger partial charge in [-0.15, -0.1) is 0 Å². The fourth-order valence-corrected chi connectivity index (χ4v) is 2.37. The standard InChI is InChI=1S/C13H26N2O2/c1-10-5-7-15(12(3)9-10)13(16)14-11(2)6-8-17-4/h10-12H,5-9H2,1-4H3,(H,14,16)/t10-,11+,12+/m1/s1. The third-order valence-electron chi connectivity index (χ3n) is 3.52. The van der Waals surface area contributed by atoms with Crippen LogP contribution < -0.4 is 5.32 Å². The summed E-state index contributed by atoms with van der Waals surface area (Å²) in [4.78, 5) is 14.0. The smallest absolute Gasteiger partial charge is 0.317 e. The summed E-state index contributed by atoms with van der Waals surface area (Å²) in [5.41, 5.74) is 0. The molecule has 0 bridgehead atoms. The van der Waals surface area contributed by atoms with Gasteiger partial charge in [-0.2, -0.15) is 0 Å². The first-order valence-corrected chi connectivity index (χ1v) is 6.60. The molecule has 4 nitrogen and oxygen atoms in total. The van der Waals surface area contributed by atoms with E-state index < -0.39 is 0 Å². The van der Waals surface area contributed by atoms with Crippen LogP contribution in [0.15, 0.2) is 0 Å². The molecule has 1 fully saturated rings. The van der Waals surface area contributed by atoms with Crippen LogP contribution in [0.1, 0.15) is 40.0 Å². The number of ether oxygens (including phenoxy) is 1. The lowest BCUT2D eigenvalue weighted by molar-refractivity contribution is 0.134. The molecule has 1 aliphatic rings. The summed E-state index contributed by atoms with van der Waals surface area (Å²) >= 11 is 0. The number of likely N-dealkylation sites (tertiary alicyclic amines) is 1. The Hall–Kier alpha value is -0.770. The van der Waals surface area contributed by atoms with Crippen LogP contribution in [0, 0.1) is 5.92 Å². The Morgan fingerprint density at radius 1 is 1.53 bits per heavy atom. The van der Waals surface area contributed by atoms with Crippen molar-refractivity contribution in [1.82, 2.24) is 10.2 Å². The van der Waals surface area contributed by atoms with Gasteiger partial charge in [0.25, 0.3) is 0 Å². The van der Waals surface area contributed by atoms with E-state index in [1.54, 1.807) is 7.11 Å². The average Bonchev–Trinajstić information content (AvgIpc) is 2.26. The quantitative estimate of drug-likeness (QED) is 0.821. The molecule has 0 spiro atoms. The van der Waals surface area contributed by atoms with Crippen LogP contribution in [0.4, 0.5) is 4.79 Å². The Morgan fingerprint density at radius 3 is 2.82 bits per heavy atom. The molecular weight excluding hydrogens is 216 g/mol. The highest BCUT2D eigenvalue weighted by atomic mass is 16.5. The van der Waals surface area contributed by atoms with Gasteiger partial charge in [-0.1, -0.05) is 6.92 Å². The predicted octanol–water partition coefficient (Wildman–Crippen LogP) is 2.24. The minimum Gasteiger partial charge on any atom is -0.385 e. The van der Waals surface area contributed by atoms with Crippen molar-refractivity contribution in [3.63, 3.8) is 0 Å². The Labute approximate surface area is 105 Å². The van der Waals surface area contributed by atoms with Crippen molar-refractivity contribution >= 4 is 6.03 Å². The summed E-state index contributed by atoms with van der Waals surface area (Å²) in [6, 6.07) is 0.607. The first-order chi connectivity index (χ1) is 8.04. The Morgan fingerprint density at radius 2 is 2.24 bits per heavy atom. The van der Waals surface area contributed by atoms with Crippen LogP contribution >= 0.6 is 0 Å². The summed E-state index contributed by atoms with van der Waals surface area (Å²) in [6.07, 6.45) is 3.09. The highest BCUT2D eigenvalue weighted by Gasteiger charge is 2.27. The van der Waals surface area contributed by atoms with E-state index in [0.717, 1.165) is 31.7 Å². The van der Waals surface area contributed by atoms with Crippen molar-refractivity contribution in [2.24, 2.45) is 5.92 Å². The molecule has 0 aromatic carbocycles. The van der Waals surface area contributed by atoms with Gasteiger partial charge in [0.2, 0.25) is 0 Å². The number of amides is 2. The number of urea groups is 1. The molecule has 100 valence electrons. The molecule has 1 saturated heterocycles. The average molecular weight is 242 g/mol. The van der Waals surface area contributed by atoms with Gasteiger partial charge in [-0.05, 0) is 39.0 Å². The fraction of sp³-hybridized carbons (Fsp3) is 0.923. The number of carbonyl (C=O) groups excluding carboxylic acids is 1. The van der Waals surface area contributed by atoms with E-state index in [-0.39, 0.29) is 12.1 Å². The SMILES string of the molecule is COCC[C@H](C)NC(=O)N1CC[C@@H](C)C[C@@H]1C. The highest BCUT2D eigenvalue weighted by Crippen LogP contribution is 2.21. The van der Waals surface area contributed by atoms with Crippen LogP contribution in [-0.2, 0) is 4.74 Å². The van der Waals surface area contributed by atoms with E-state index >= 15 is 0 Å². The second kappa shape index (κ2) is 6.84. The summed E-state index contributed by atoms with van der Waals surface area (Å²) in [5, 5.41) is 3.04. The van der Waals surface area contributed by atoms with E-state index in [9.17, 15) is 4.79 Å². The minimum atomic E-state index is 0.0769. The van der Waals surface area contributed by atoms with Gasteiger partial charge in [0.15, 0.2) is 0 Å². The lowest BCUT2D eigenvalue weighted by Crippen LogP contribution is -2.51. The maximum Gasteiger partial charge on any atom is 0.317 e. The number of nitrogens with zero attached hydrogens (tertiary/aromatic N) is 1. The van der Waals surface area contributed by atoms with Crippen molar-refractivity contribution in [1.29, 1.82) is 0 Å². The number of rotatable bonds is 4. The Bertz CT molecular complexity index is 246. The zero-order chi connectivity index (χ0) is 12.8. The lowest BCUT2D eigenvalue weighted by Gasteiger charge is -2.37. The van der Waals surface area contributed by atoms with Crippen molar-refractivity contribution in [2.45, 2.75) is 52.1 Å². The van der Waals surface area contributed by atoms with Gasteiger partial charge in [0.05, 0.1) is 0 Å². The number of hydrogen-bond acceptors (Lipinski definition) is 2. The van der Waals surface area contributed by atoms with Gasteiger partial charge in [0, 0.05) is 32.3 Å². The van der Waals surface area contributed by atoms with Crippen molar-refractivity contribution in [2.75, 3.05) is 20.3 Å². The topological polar surface area (TPSA) is 41.6 Å². The molecule has 1 rings (SSSR count). The normalized spacial score (nSPS) is 26.7. The molecule has 1 heterocycles. The minimum absolute atomic E-state index is 0.0769. The number of hydrogen-bond donors (Lipinski definition) is 1. The third kappa shape index (κ3) is 4.54. The molecule has 0 aromatic rings. The summed E-state index contributed by atoms with van der Waals surface area (Å²) in [7, 11) is 1.68. The highest BCUT2D eigenvalue weighted by molar-refractivity contribution is 5.74. The van der Waals surface area contributed by atoms with Crippen molar-refractivity contribution in [3.05, 3.63) is 0 Å². The number of carbonyl (C=O) groups is 1. The molecule has 0 aromatic heterocycles. The third-order valence-corrected chi connectivity index (χ3v) is 3.52. The van der Waals surface area contributed by atoms with Crippen LogP contribution in [0.3, 0.4) is 0 Å². The van der Waals surface area contributed by atoms with E-state index in [1.165, 1.54) is 0 Å². The van der Waals surface area contributed by atoms with E-state index in [4.69, 9.17) is 4.74 Å². The molecule has 4 heteroatoms. The van der Waals surface area contributed by atoms with Gasteiger partial charge in [0.1, 0.15) is 0 Å². The van der Waals surface area contributed by atoms with Gasteiger partial charge in [-0.3, -0.25) is 0 Å². The molecule has 0 unspecified atom stereocenters. The van der Waals surface area contributed by atoms with Crippen LogP contribution in [-0.4, -0.2) is 43.3 Å². The van der Waals surface area contributed by atoms with Crippen LogP contribution in [0.25, 0.3) is 0 Å². The summed E-state index contributed by atoms with van der Waals surface area (Å²) in [5.74, 6) is 0.736. The Kier molecular flexibility index (Phi) is 5.75. The second-order valence-corrected chi connectivity index (χ2v) is 5.30. The lowest BCUT2D eigenvalue weighted by atomic mass is 9.94. The van der Waals surface area contributed by atoms with E-state index in [2.05, 4.69) is 19.2 Å². The zero-order valence-electron chi connectivity index (χ0n) is 11.5. The molecule has 17 heavy (non-hydrogen) atoms. The molecule has 0 radical (unpaired) electrons. The number of nitrogens with one attached hydrogen (secondary N) is 1. The first kappa shape index (κ1) is 14.3. The molecule has 1 N–H and O–H groups in total.